The Kier molecular flexibility index (Phi) is 4.97. The number of hydrogen-bond donors (Lipinski definition) is 0. The zero-order chi connectivity index (χ0) is 24.9. The van der Waals surface area contributed by atoms with Gasteiger partial charge in [0.05, 0.1) is 0 Å². The number of fused-ring (bicyclic) bond motifs is 4. The quantitative estimate of drug-likeness (QED) is 0.226. The van der Waals surface area contributed by atoms with Crippen LogP contribution in [0.1, 0.15) is 16.7 Å². The fourth-order valence-electron chi connectivity index (χ4n) is 5.89. The van der Waals surface area contributed by atoms with Crippen LogP contribution in [-0.2, 0) is 0 Å². The Labute approximate surface area is 217 Å². The minimum absolute atomic E-state index is 1.22. The predicted molar refractivity (Wildman–Crippen MR) is 160 cm³/mol. The SMILES string of the molecule is Cc1ccc2c(-c3ccccc3)c3ccccc3c(-c3ccc4c(c3)N(C)c3ccccc3C=C4)c2c1. The Bertz CT molecular complexity index is 1840. The van der Waals surface area contributed by atoms with Gasteiger partial charge in [0.15, 0.2) is 0 Å². The van der Waals surface area contributed by atoms with E-state index in [0.717, 1.165) is 0 Å². The lowest BCUT2D eigenvalue weighted by atomic mass is 9.85. The van der Waals surface area contributed by atoms with Crippen LogP contribution in [0.4, 0.5) is 11.4 Å². The normalized spacial score (nSPS) is 12.4. The smallest absolute Gasteiger partial charge is 0.0488 e. The molecule has 176 valence electrons. The lowest BCUT2D eigenvalue weighted by Gasteiger charge is -2.24. The number of anilines is 2. The van der Waals surface area contributed by atoms with E-state index in [0.29, 0.717) is 0 Å². The van der Waals surface area contributed by atoms with E-state index in [-0.39, 0.29) is 0 Å². The van der Waals surface area contributed by atoms with Crippen molar-refractivity contribution in [1.82, 2.24) is 0 Å². The zero-order valence-corrected chi connectivity index (χ0v) is 21.1. The van der Waals surface area contributed by atoms with Gasteiger partial charge in [-0.1, -0.05) is 121 Å². The van der Waals surface area contributed by atoms with Crippen LogP contribution in [-0.4, -0.2) is 7.05 Å². The van der Waals surface area contributed by atoms with Crippen molar-refractivity contribution in [2.24, 2.45) is 0 Å². The van der Waals surface area contributed by atoms with Crippen LogP contribution in [0.5, 0.6) is 0 Å². The molecule has 6 aromatic carbocycles. The molecule has 0 saturated carbocycles. The van der Waals surface area contributed by atoms with Crippen molar-refractivity contribution in [1.29, 1.82) is 0 Å². The van der Waals surface area contributed by atoms with Crippen LogP contribution in [0, 0.1) is 6.92 Å². The Hall–Kier alpha value is -4.62. The summed E-state index contributed by atoms with van der Waals surface area (Å²) < 4.78 is 0. The molecule has 37 heavy (non-hydrogen) atoms. The first-order valence-electron chi connectivity index (χ1n) is 12.8. The number of para-hydroxylation sites is 1. The third-order valence-corrected chi connectivity index (χ3v) is 7.66. The molecule has 1 heterocycles. The van der Waals surface area contributed by atoms with Gasteiger partial charge in [0, 0.05) is 18.4 Å². The molecule has 0 N–H and O–H groups in total. The average molecular weight is 474 g/mol. The van der Waals surface area contributed by atoms with E-state index >= 15 is 0 Å². The fourth-order valence-corrected chi connectivity index (χ4v) is 5.89. The molecule has 0 spiro atoms. The van der Waals surface area contributed by atoms with Gasteiger partial charge in [-0.25, -0.2) is 0 Å². The summed E-state index contributed by atoms with van der Waals surface area (Å²) in [5.41, 5.74) is 11.3. The van der Waals surface area contributed by atoms with E-state index in [9.17, 15) is 0 Å². The molecule has 0 amide bonds. The van der Waals surface area contributed by atoms with Crippen molar-refractivity contribution in [3.8, 4) is 22.3 Å². The molecule has 1 aliphatic heterocycles. The first-order valence-corrected chi connectivity index (χ1v) is 12.8. The minimum Gasteiger partial charge on any atom is -0.344 e. The predicted octanol–water partition coefficient (Wildman–Crippen LogP) is 9.89. The molecule has 1 heteroatoms. The molecule has 1 nitrogen and oxygen atoms in total. The lowest BCUT2D eigenvalue weighted by Crippen LogP contribution is -2.11. The van der Waals surface area contributed by atoms with Crippen LogP contribution < -0.4 is 4.90 Å². The first-order chi connectivity index (χ1) is 18.2. The van der Waals surface area contributed by atoms with Crippen molar-refractivity contribution >= 4 is 45.1 Å². The van der Waals surface area contributed by atoms with Crippen molar-refractivity contribution in [2.45, 2.75) is 6.92 Å². The van der Waals surface area contributed by atoms with Gasteiger partial charge in [0.1, 0.15) is 0 Å². The van der Waals surface area contributed by atoms with E-state index in [1.807, 2.05) is 0 Å². The molecule has 0 fully saturated rings. The van der Waals surface area contributed by atoms with Gasteiger partial charge in [-0.3, -0.25) is 0 Å². The van der Waals surface area contributed by atoms with E-state index < -0.39 is 0 Å². The highest BCUT2D eigenvalue weighted by Gasteiger charge is 2.19. The molecule has 0 unspecified atom stereocenters. The first kappa shape index (κ1) is 21.6. The van der Waals surface area contributed by atoms with Crippen LogP contribution in [0.2, 0.25) is 0 Å². The van der Waals surface area contributed by atoms with Crippen molar-refractivity contribution in [3.05, 3.63) is 132 Å². The van der Waals surface area contributed by atoms with Gasteiger partial charge < -0.3 is 4.90 Å². The van der Waals surface area contributed by atoms with Gasteiger partial charge in [-0.2, -0.15) is 0 Å². The number of aryl methyl sites for hydroxylation is 1. The number of rotatable bonds is 2. The Balaban J connectivity index is 1.56. The molecule has 1 aliphatic rings. The van der Waals surface area contributed by atoms with Gasteiger partial charge in [0.2, 0.25) is 0 Å². The highest BCUT2D eigenvalue weighted by atomic mass is 15.1. The van der Waals surface area contributed by atoms with Crippen molar-refractivity contribution < 1.29 is 0 Å². The summed E-state index contributed by atoms with van der Waals surface area (Å²) in [7, 11) is 2.17. The van der Waals surface area contributed by atoms with Crippen LogP contribution in [0.25, 0.3) is 56.0 Å². The lowest BCUT2D eigenvalue weighted by molar-refractivity contribution is 1.20. The summed E-state index contributed by atoms with van der Waals surface area (Å²) in [6, 6.07) is 42.1. The summed E-state index contributed by atoms with van der Waals surface area (Å²) >= 11 is 0. The van der Waals surface area contributed by atoms with Crippen molar-refractivity contribution in [3.63, 3.8) is 0 Å². The van der Waals surface area contributed by atoms with E-state index in [2.05, 4.69) is 146 Å². The summed E-state index contributed by atoms with van der Waals surface area (Å²) in [6.07, 6.45) is 4.46. The highest BCUT2D eigenvalue weighted by Crippen LogP contribution is 2.45. The summed E-state index contributed by atoms with van der Waals surface area (Å²) in [6.45, 7) is 2.19. The second-order valence-corrected chi connectivity index (χ2v) is 9.94. The average Bonchev–Trinajstić information content (AvgIpc) is 3.08. The molecule has 0 aromatic heterocycles. The zero-order valence-electron chi connectivity index (χ0n) is 21.1. The monoisotopic (exact) mass is 473 g/mol. The molecule has 6 aromatic rings. The topological polar surface area (TPSA) is 3.24 Å². The van der Waals surface area contributed by atoms with E-state index in [1.165, 1.54) is 71.9 Å². The molecular weight excluding hydrogens is 446 g/mol. The summed E-state index contributed by atoms with van der Waals surface area (Å²) in [5, 5.41) is 5.16. The van der Waals surface area contributed by atoms with Gasteiger partial charge in [-0.15, -0.1) is 0 Å². The van der Waals surface area contributed by atoms with Crippen LogP contribution in [0.15, 0.2) is 115 Å². The molecule has 7 rings (SSSR count). The Morgan fingerprint density at radius 3 is 1.86 bits per heavy atom. The number of nitrogens with zero attached hydrogens (tertiary/aromatic N) is 1. The maximum atomic E-state index is 2.37. The number of benzene rings is 6. The maximum Gasteiger partial charge on any atom is 0.0488 e. The molecule has 0 atom stereocenters. The van der Waals surface area contributed by atoms with Crippen LogP contribution >= 0.6 is 0 Å². The van der Waals surface area contributed by atoms with Crippen LogP contribution in [0.3, 0.4) is 0 Å². The molecule has 0 saturated heterocycles. The maximum absolute atomic E-state index is 2.37. The summed E-state index contributed by atoms with van der Waals surface area (Å²) in [5.74, 6) is 0. The Morgan fingerprint density at radius 2 is 1.08 bits per heavy atom. The summed E-state index contributed by atoms with van der Waals surface area (Å²) in [4.78, 5) is 2.32. The fraction of sp³-hybridized carbons (Fsp3) is 0.0556. The number of hydrogen-bond acceptors (Lipinski definition) is 1. The molecule has 0 radical (unpaired) electrons. The van der Waals surface area contributed by atoms with Gasteiger partial charge >= 0.3 is 0 Å². The largest absolute Gasteiger partial charge is 0.344 e. The molecule has 0 aliphatic carbocycles. The van der Waals surface area contributed by atoms with E-state index in [1.54, 1.807) is 0 Å². The standard InChI is InChI=1S/C36H27N/c1-24-16-21-31-32(22-24)36(30-14-8-7-13-29(30)35(31)27-11-4-3-5-12-27)28-20-19-26-18-17-25-10-6-9-15-33(25)37(2)34(26)23-28/h3-23H,1-2H3. The van der Waals surface area contributed by atoms with Crippen molar-refractivity contribution in [2.75, 3.05) is 11.9 Å². The second kappa shape index (κ2) is 8.50. The minimum atomic E-state index is 1.22. The molecular formula is C36H27N. The van der Waals surface area contributed by atoms with Gasteiger partial charge in [0.25, 0.3) is 0 Å². The molecule has 0 bridgehead atoms. The van der Waals surface area contributed by atoms with E-state index in [4.69, 9.17) is 0 Å². The third-order valence-electron chi connectivity index (χ3n) is 7.66. The second-order valence-electron chi connectivity index (χ2n) is 9.94. The van der Waals surface area contributed by atoms with Gasteiger partial charge in [-0.05, 0) is 74.0 Å². The third kappa shape index (κ3) is 3.47. The Morgan fingerprint density at radius 1 is 0.459 bits per heavy atom. The highest BCUT2D eigenvalue weighted by molar-refractivity contribution is 6.21.